The molecule has 0 bridgehead atoms. The molecule has 0 saturated carbocycles. The summed E-state index contributed by atoms with van der Waals surface area (Å²) >= 11 is 0. The molecule has 4 N–H and O–H groups in total. The molecule has 4 unspecified atom stereocenters. The van der Waals surface area contributed by atoms with Crippen LogP contribution in [0.1, 0.15) is 277 Å². The molecule has 0 aromatic heterocycles. The van der Waals surface area contributed by atoms with Gasteiger partial charge in [-0.1, -0.05) is 256 Å². The molecule has 9 nitrogen and oxygen atoms in total. The van der Waals surface area contributed by atoms with Crippen LogP contribution in [-0.4, -0.2) is 84.6 Å². The molecule has 69 heavy (non-hydrogen) atoms. The van der Waals surface area contributed by atoms with Gasteiger partial charge in [0.1, 0.15) is 19.3 Å². The number of nitrogens with one attached hydrogen (secondary N) is 1. The van der Waals surface area contributed by atoms with E-state index in [4.69, 9.17) is 9.05 Å². The maximum atomic E-state index is 13.0. The molecule has 0 aromatic rings. The lowest BCUT2D eigenvalue weighted by Gasteiger charge is -2.28. The average Bonchev–Trinajstić information content (AvgIpc) is 3.31. The van der Waals surface area contributed by atoms with Crippen molar-refractivity contribution in [2.45, 2.75) is 295 Å². The van der Waals surface area contributed by atoms with Crippen molar-refractivity contribution >= 4 is 13.7 Å². The van der Waals surface area contributed by atoms with Gasteiger partial charge in [-0.15, -0.1) is 0 Å². The van der Waals surface area contributed by atoms with Crippen molar-refractivity contribution in [1.82, 2.24) is 5.32 Å². The van der Waals surface area contributed by atoms with Gasteiger partial charge in [0.15, 0.2) is 0 Å². The molecule has 0 spiro atoms. The lowest BCUT2D eigenvalue weighted by molar-refractivity contribution is -0.870. The first-order chi connectivity index (χ1) is 33.4. The minimum absolute atomic E-state index is 0.0231. The largest absolute Gasteiger partial charge is 0.472 e. The zero-order valence-electron chi connectivity index (χ0n) is 46.2. The fourth-order valence-electron chi connectivity index (χ4n) is 8.80. The summed E-state index contributed by atoms with van der Waals surface area (Å²) in [6.07, 6.45) is 60.9. The van der Waals surface area contributed by atoms with Crippen LogP contribution in [0, 0.1) is 0 Å². The summed E-state index contributed by atoms with van der Waals surface area (Å²) in [7, 11) is 1.44. The quantitative estimate of drug-likeness (QED) is 0.0207. The van der Waals surface area contributed by atoms with Crippen LogP contribution in [0.5, 0.6) is 0 Å². The van der Waals surface area contributed by atoms with E-state index in [0.717, 1.165) is 51.4 Å². The van der Waals surface area contributed by atoms with Crippen LogP contribution in [0.2, 0.25) is 0 Å². The molecule has 0 aromatic carbocycles. The zero-order chi connectivity index (χ0) is 50.8. The molecule has 0 rings (SSSR count). The van der Waals surface area contributed by atoms with Gasteiger partial charge >= 0.3 is 7.82 Å². The van der Waals surface area contributed by atoms with Gasteiger partial charge in [0, 0.05) is 6.42 Å². The second-order valence-electron chi connectivity index (χ2n) is 21.5. The van der Waals surface area contributed by atoms with Gasteiger partial charge in [-0.3, -0.25) is 13.8 Å². The van der Waals surface area contributed by atoms with Crippen LogP contribution in [0.15, 0.2) is 36.5 Å². The van der Waals surface area contributed by atoms with E-state index in [-0.39, 0.29) is 12.5 Å². The third kappa shape index (κ3) is 51.4. The number of quaternary nitrogens is 1. The van der Waals surface area contributed by atoms with Crippen molar-refractivity contribution in [3.8, 4) is 0 Å². The number of nitrogens with zero attached hydrogens (tertiary/aromatic N) is 1. The zero-order valence-corrected chi connectivity index (χ0v) is 47.1. The first kappa shape index (κ1) is 67.7. The Hall–Kier alpha value is -1.32. The highest BCUT2D eigenvalue weighted by molar-refractivity contribution is 7.47. The van der Waals surface area contributed by atoms with Gasteiger partial charge in [0.2, 0.25) is 5.91 Å². The van der Waals surface area contributed by atoms with E-state index < -0.39 is 32.7 Å². The summed E-state index contributed by atoms with van der Waals surface area (Å²) in [6, 6.07) is -1.03. The number of unbranched alkanes of at least 4 members (excludes halogenated alkanes) is 34. The second kappa shape index (κ2) is 50.2. The van der Waals surface area contributed by atoms with Gasteiger partial charge in [-0.25, -0.2) is 4.57 Å². The van der Waals surface area contributed by atoms with E-state index in [1.165, 1.54) is 199 Å². The summed E-state index contributed by atoms with van der Waals surface area (Å²) in [4.78, 5) is 23.3. The number of hydrogen-bond acceptors (Lipinski definition) is 6. The van der Waals surface area contributed by atoms with Gasteiger partial charge < -0.3 is 24.9 Å². The second-order valence-corrected chi connectivity index (χ2v) is 23.0. The molecule has 10 heteroatoms. The molecule has 1 amide bonds. The number of rotatable bonds is 54. The Morgan fingerprint density at radius 3 is 1.25 bits per heavy atom. The lowest BCUT2D eigenvalue weighted by Crippen LogP contribution is -2.51. The van der Waals surface area contributed by atoms with Gasteiger partial charge in [-0.2, -0.15) is 0 Å². The van der Waals surface area contributed by atoms with Crippen LogP contribution < -0.4 is 5.32 Å². The first-order valence-corrected chi connectivity index (χ1v) is 30.9. The van der Waals surface area contributed by atoms with Crippen LogP contribution in [0.3, 0.4) is 0 Å². The van der Waals surface area contributed by atoms with Crippen molar-refractivity contribution in [3.05, 3.63) is 36.5 Å². The van der Waals surface area contributed by atoms with Crippen LogP contribution in [0.25, 0.3) is 0 Å². The molecule has 0 aliphatic carbocycles. The highest BCUT2D eigenvalue weighted by Crippen LogP contribution is 2.43. The number of carbonyl (C=O) groups is 1. The molecule has 408 valence electrons. The fraction of sp³-hybridized carbons (Fsp3) is 0.881. The third-order valence-corrected chi connectivity index (χ3v) is 14.5. The van der Waals surface area contributed by atoms with Crippen molar-refractivity contribution in [2.24, 2.45) is 0 Å². The minimum Gasteiger partial charge on any atom is -0.390 e. The van der Waals surface area contributed by atoms with Crippen LogP contribution in [-0.2, 0) is 18.4 Å². The molecule has 0 radical (unpaired) electrons. The summed E-state index contributed by atoms with van der Waals surface area (Å²) in [6.45, 7) is 4.61. The SMILES string of the molecule is CCCCCCC/C=C\C/C=C\C/C=C\CCCCCCCCCCCCCCCCCCCCC(=O)NC(COP(=O)(O)OCC[N+](C)(C)C)C(O)C(O)CCCCCCCCCCCCCC. The predicted molar refractivity (Wildman–Crippen MR) is 297 cm³/mol. The van der Waals surface area contributed by atoms with Crippen LogP contribution in [0.4, 0.5) is 0 Å². The number of likely N-dealkylation sites (N-methyl/N-ethyl adjacent to an activating group) is 1. The molecule has 0 heterocycles. The minimum atomic E-state index is -4.42. The number of aliphatic hydroxyl groups is 2. The summed E-state index contributed by atoms with van der Waals surface area (Å²) in [5.74, 6) is -0.255. The van der Waals surface area contributed by atoms with Crippen molar-refractivity contribution in [3.63, 3.8) is 0 Å². The molecular weight excluding hydrogens is 880 g/mol. The Morgan fingerprint density at radius 1 is 0.507 bits per heavy atom. The van der Waals surface area contributed by atoms with Crippen LogP contribution >= 0.6 is 7.82 Å². The molecule has 0 saturated heterocycles. The Kier molecular flexibility index (Phi) is 49.3. The number of phosphoric ester groups is 1. The Morgan fingerprint density at radius 2 is 0.855 bits per heavy atom. The number of hydrogen-bond donors (Lipinski definition) is 4. The summed E-state index contributed by atoms with van der Waals surface area (Å²) in [5, 5.41) is 24.8. The number of phosphoric acid groups is 1. The van der Waals surface area contributed by atoms with Crippen molar-refractivity contribution in [1.29, 1.82) is 0 Å². The molecular formula is C59H116N2O7P+. The fourth-order valence-corrected chi connectivity index (χ4v) is 9.54. The standard InChI is InChI=1S/C59H115N2O7P/c1-6-8-10-12-14-16-18-20-21-22-23-24-25-26-27-28-29-30-31-32-33-34-35-36-37-38-39-40-42-44-46-48-50-52-58(63)60-56(55-68-69(65,66)67-54-53-61(3,4)5)59(64)57(62)51-49-47-45-43-41-19-17-15-13-11-9-7-2/h18,20,22-23,25-26,56-57,59,62,64H,6-17,19,21,24,27-55H2,1-5H3,(H-,60,63,65,66)/p+1/b20-18-,23-22-,26-25-. The molecule has 0 aliphatic heterocycles. The summed E-state index contributed by atoms with van der Waals surface area (Å²) in [5.41, 5.74) is 0. The maximum Gasteiger partial charge on any atom is 0.472 e. The smallest absolute Gasteiger partial charge is 0.390 e. The van der Waals surface area contributed by atoms with Gasteiger partial charge in [0.25, 0.3) is 0 Å². The number of allylic oxidation sites excluding steroid dienone is 6. The molecule has 0 fully saturated rings. The Bertz CT molecular complexity index is 1240. The average molecular weight is 997 g/mol. The van der Waals surface area contributed by atoms with E-state index in [1.54, 1.807) is 0 Å². The topological polar surface area (TPSA) is 125 Å². The first-order valence-electron chi connectivity index (χ1n) is 29.4. The lowest BCUT2D eigenvalue weighted by atomic mass is 9.99. The number of amides is 1. The monoisotopic (exact) mass is 996 g/mol. The van der Waals surface area contributed by atoms with E-state index in [9.17, 15) is 24.5 Å². The molecule has 4 atom stereocenters. The van der Waals surface area contributed by atoms with Crippen molar-refractivity contribution < 1.29 is 38.0 Å². The predicted octanol–water partition coefficient (Wildman–Crippen LogP) is 16.7. The summed E-state index contributed by atoms with van der Waals surface area (Å²) < 4.78 is 23.6. The highest BCUT2D eigenvalue weighted by Gasteiger charge is 2.32. The van der Waals surface area contributed by atoms with E-state index in [0.29, 0.717) is 23.9 Å². The van der Waals surface area contributed by atoms with E-state index in [2.05, 4.69) is 55.6 Å². The van der Waals surface area contributed by atoms with E-state index >= 15 is 0 Å². The van der Waals surface area contributed by atoms with Crippen molar-refractivity contribution in [2.75, 3.05) is 40.9 Å². The Balaban J connectivity index is 4.06. The Labute approximate surface area is 428 Å². The number of aliphatic hydroxyl groups excluding tert-OH is 2. The van der Waals surface area contributed by atoms with Gasteiger partial charge in [-0.05, 0) is 51.4 Å². The van der Waals surface area contributed by atoms with Gasteiger partial charge in [0.05, 0.1) is 39.9 Å². The highest BCUT2D eigenvalue weighted by atomic mass is 31.2. The number of carbonyl (C=O) groups excluding carboxylic acids is 1. The normalized spacial score (nSPS) is 14.6. The maximum absolute atomic E-state index is 13.0. The molecule has 0 aliphatic rings. The third-order valence-electron chi connectivity index (χ3n) is 13.5. The van der Waals surface area contributed by atoms with E-state index in [1.807, 2.05) is 21.1 Å².